The molecule has 0 bridgehead atoms. The van der Waals surface area contributed by atoms with E-state index >= 15 is 0 Å². The summed E-state index contributed by atoms with van der Waals surface area (Å²) in [4.78, 5) is 16.1. The molecule has 0 radical (unpaired) electrons. The standard InChI is InChI=1S/C20H22F2N4O/c1-23-19(24-12-18(27)26-15-6-4-5-14(21)11-15)25-13-20(9-10-20)16-7-2-3-8-17(16)22/h2-8,11H,9-10,12-13H2,1H3,(H,26,27)(H2,23,24,25). The van der Waals surface area contributed by atoms with Crippen molar-refractivity contribution in [2.24, 2.45) is 4.99 Å². The molecule has 1 aliphatic rings. The first-order valence-corrected chi connectivity index (χ1v) is 8.77. The summed E-state index contributed by atoms with van der Waals surface area (Å²) in [6.07, 6.45) is 1.80. The number of halogens is 2. The van der Waals surface area contributed by atoms with Crippen LogP contribution in [0.25, 0.3) is 0 Å². The smallest absolute Gasteiger partial charge is 0.243 e. The van der Waals surface area contributed by atoms with Crippen LogP contribution < -0.4 is 16.0 Å². The zero-order valence-corrected chi connectivity index (χ0v) is 15.1. The Balaban J connectivity index is 1.50. The highest BCUT2D eigenvalue weighted by Gasteiger charge is 2.45. The quantitative estimate of drug-likeness (QED) is 0.540. The summed E-state index contributed by atoms with van der Waals surface area (Å²) >= 11 is 0. The van der Waals surface area contributed by atoms with E-state index in [1.165, 1.54) is 24.3 Å². The maximum absolute atomic E-state index is 14.1. The highest BCUT2D eigenvalue weighted by molar-refractivity contribution is 5.95. The first-order valence-electron chi connectivity index (χ1n) is 8.77. The number of nitrogens with zero attached hydrogens (tertiary/aromatic N) is 1. The van der Waals surface area contributed by atoms with Crippen molar-refractivity contribution in [1.82, 2.24) is 10.6 Å². The van der Waals surface area contributed by atoms with Gasteiger partial charge < -0.3 is 16.0 Å². The van der Waals surface area contributed by atoms with Gasteiger partial charge in [0.1, 0.15) is 11.6 Å². The van der Waals surface area contributed by atoms with Gasteiger partial charge in [0.05, 0.1) is 6.54 Å². The minimum absolute atomic E-state index is 0.0249. The van der Waals surface area contributed by atoms with Crippen LogP contribution in [0.3, 0.4) is 0 Å². The van der Waals surface area contributed by atoms with E-state index in [0.717, 1.165) is 12.8 Å². The number of benzene rings is 2. The maximum Gasteiger partial charge on any atom is 0.243 e. The van der Waals surface area contributed by atoms with Crippen molar-refractivity contribution in [3.63, 3.8) is 0 Å². The topological polar surface area (TPSA) is 65.5 Å². The number of hydrogen-bond donors (Lipinski definition) is 3. The molecule has 142 valence electrons. The molecule has 1 fully saturated rings. The Morgan fingerprint density at radius 3 is 2.56 bits per heavy atom. The summed E-state index contributed by atoms with van der Waals surface area (Å²) in [6, 6.07) is 12.5. The van der Waals surface area contributed by atoms with Crippen LogP contribution in [0.5, 0.6) is 0 Å². The summed E-state index contributed by atoms with van der Waals surface area (Å²) in [5.41, 5.74) is 0.866. The Morgan fingerprint density at radius 2 is 1.89 bits per heavy atom. The van der Waals surface area contributed by atoms with Gasteiger partial charge in [0.25, 0.3) is 0 Å². The number of hydrogen-bond acceptors (Lipinski definition) is 2. The molecule has 0 spiro atoms. The molecular weight excluding hydrogens is 350 g/mol. The van der Waals surface area contributed by atoms with Crippen LogP contribution in [-0.4, -0.2) is 32.0 Å². The fraction of sp³-hybridized carbons (Fsp3) is 0.300. The molecule has 2 aromatic rings. The van der Waals surface area contributed by atoms with Crippen LogP contribution >= 0.6 is 0 Å². The Labute approximate surface area is 156 Å². The molecule has 1 aliphatic carbocycles. The van der Waals surface area contributed by atoms with Crippen LogP contribution in [0.15, 0.2) is 53.5 Å². The Morgan fingerprint density at radius 1 is 1.11 bits per heavy atom. The van der Waals surface area contributed by atoms with Crippen molar-refractivity contribution in [2.75, 3.05) is 25.5 Å². The predicted molar refractivity (Wildman–Crippen MR) is 102 cm³/mol. The number of carbonyl (C=O) groups is 1. The molecule has 0 saturated heterocycles. The highest BCUT2D eigenvalue weighted by Crippen LogP contribution is 2.48. The van der Waals surface area contributed by atoms with Crippen molar-refractivity contribution >= 4 is 17.6 Å². The minimum Gasteiger partial charge on any atom is -0.356 e. The van der Waals surface area contributed by atoms with Crippen molar-refractivity contribution in [2.45, 2.75) is 18.3 Å². The van der Waals surface area contributed by atoms with Crippen molar-refractivity contribution in [3.05, 3.63) is 65.7 Å². The lowest BCUT2D eigenvalue weighted by Crippen LogP contribution is -2.44. The van der Waals surface area contributed by atoms with E-state index in [1.54, 1.807) is 19.2 Å². The molecule has 0 atom stereocenters. The number of aliphatic imine (C=N–C) groups is 1. The van der Waals surface area contributed by atoms with E-state index < -0.39 is 5.82 Å². The van der Waals surface area contributed by atoms with Gasteiger partial charge in [0.15, 0.2) is 5.96 Å². The van der Waals surface area contributed by atoms with Crippen molar-refractivity contribution < 1.29 is 13.6 Å². The zero-order chi connectivity index (χ0) is 19.3. The molecule has 7 heteroatoms. The van der Waals surface area contributed by atoms with Gasteiger partial charge in [-0.3, -0.25) is 9.79 Å². The molecular formula is C20H22F2N4O. The van der Waals surface area contributed by atoms with E-state index in [-0.39, 0.29) is 23.7 Å². The van der Waals surface area contributed by atoms with E-state index in [9.17, 15) is 13.6 Å². The summed E-state index contributed by atoms with van der Waals surface area (Å²) in [6.45, 7) is 0.502. The minimum atomic E-state index is -0.416. The fourth-order valence-electron chi connectivity index (χ4n) is 2.99. The van der Waals surface area contributed by atoms with Gasteiger partial charge in [-0.1, -0.05) is 24.3 Å². The summed E-state index contributed by atoms with van der Waals surface area (Å²) in [7, 11) is 1.60. The number of amides is 1. The molecule has 27 heavy (non-hydrogen) atoms. The van der Waals surface area contributed by atoms with Gasteiger partial charge in [-0.2, -0.15) is 0 Å². The molecule has 0 aromatic heterocycles. The lowest BCUT2D eigenvalue weighted by Gasteiger charge is -2.19. The Bertz CT molecular complexity index is 849. The molecule has 0 unspecified atom stereocenters. The second-order valence-electron chi connectivity index (χ2n) is 6.60. The molecule has 0 heterocycles. The van der Waals surface area contributed by atoms with Gasteiger partial charge in [0, 0.05) is 24.7 Å². The normalized spacial score (nSPS) is 15.1. The molecule has 1 saturated carbocycles. The Hall–Kier alpha value is -2.96. The first kappa shape index (κ1) is 18.8. The molecule has 0 aliphatic heterocycles. The van der Waals surface area contributed by atoms with Gasteiger partial charge in [-0.15, -0.1) is 0 Å². The van der Waals surface area contributed by atoms with E-state index in [4.69, 9.17) is 0 Å². The van der Waals surface area contributed by atoms with Crippen LogP contribution in [0.1, 0.15) is 18.4 Å². The molecule has 5 nitrogen and oxygen atoms in total. The highest BCUT2D eigenvalue weighted by atomic mass is 19.1. The second kappa shape index (κ2) is 8.16. The third-order valence-electron chi connectivity index (χ3n) is 4.64. The van der Waals surface area contributed by atoms with Crippen LogP contribution in [-0.2, 0) is 10.2 Å². The summed E-state index contributed by atoms with van der Waals surface area (Å²) < 4.78 is 27.2. The number of anilines is 1. The molecule has 3 rings (SSSR count). The Kier molecular flexibility index (Phi) is 5.69. The van der Waals surface area contributed by atoms with E-state index in [2.05, 4.69) is 20.9 Å². The van der Waals surface area contributed by atoms with Gasteiger partial charge in [0.2, 0.25) is 5.91 Å². The van der Waals surface area contributed by atoms with Gasteiger partial charge in [-0.25, -0.2) is 8.78 Å². The fourth-order valence-corrected chi connectivity index (χ4v) is 2.99. The molecule has 2 aromatic carbocycles. The number of rotatable bonds is 6. The van der Waals surface area contributed by atoms with E-state index in [1.807, 2.05) is 12.1 Å². The summed E-state index contributed by atoms with van der Waals surface area (Å²) in [5.74, 6) is -0.485. The lowest BCUT2D eigenvalue weighted by molar-refractivity contribution is -0.115. The third-order valence-corrected chi connectivity index (χ3v) is 4.64. The number of nitrogens with one attached hydrogen (secondary N) is 3. The van der Waals surface area contributed by atoms with Crippen LogP contribution in [0.4, 0.5) is 14.5 Å². The van der Waals surface area contributed by atoms with Crippen LogP contribution in [0, 0.1) is 11.6 Å². The first-order chi connectivity index (χ1) is 13.0. The second-order valence-corrected chi connectivity index (χ2v) is 6.60. The zero-order valence-electron chi connectivity index (χ0n) is 15.1. The lowest BCUT2D eigenvalue weighted by atomic mass is 9.95. The number of guanidine groups is 1. The predicted octanol–water partition coefficient (Wildman–Crippen LogP) is 2.80. The van der Waals surface area contributed by atoms with Crippen molar-refractivity contribution in [3.8, 4) is 0 Å². The van der Waals surface area contributed by atoms with Gasteiger partial charge >= 0.3 is 0 Å². The molecule has 3 N–H and O–H groups in total. The summed E-state index contributed by atoms with van der Waals surface area (Å²) in [5, 5.41) is 8.67. The third kappa shape index (κ3) is 4.81. The average Bonchev–Trinajstić information content (AvgIpc) is 3.43. The van der Waals surface area contributed by atoms with E-state index in [0.29, 0.717) is 23.8 Å². The van der Waals surface area contributed by atoms with Gasteiger partial charge in [-0.05, 0) is 42.7 Å². The van der Waals surface area contributed by atoms with Crippen LogP contribution in [0.2, 0.25) is 0 Å². The maximum atomic E-state index is 14.1. The SMILES string of the molecule is CN=C(NCC(=O)Nc1cccc(F)c1)NCC1(c2ccccc2F)CC1. The van der Waals surface area contributed by atoms with Crippen molar-refractivity contribution in [1.29, 1.82) is 0 Å². The monoisotopic (exact) mass is 372 g/mol. The average molecular weight is 372 g/mol. The number of carbonyl (C=O) groups excluding carboxylic acids is 1. The molecule has 1 amide bonds. The largest absolute Gasteiger partial charge is 0.356 e.